The Hall–Kier alpha value is -3.09. The smallest absolute Gasteiger partial charge is 0.303 e. The highest BCUT2D eigenvalue weighted by atomic mass is 35.5. The van der Waals surface area contributed by atoms with Gasteiger partial charge in [-0.1, -0.05) is 43.1 Å². The predicted octanol–water partition coefficient (Wildman–Crippen LogP) is 7.75. The number of hydrogen-bond acceptors (Lipinski definition) is 4. The van der Waals surface area contributed by atoms with Crippen LogP contribution in [0, 0.1) is 11.7 Å². The van der Waals surface area contributed by atoms with Gasteiger partial charge in [0, 0.05) is 51.3 Å². The molecule has 0 spiro atoms. The van der Waals surface area contributed by atoms with E-state index in [1.165, 1.54) is 6.07 Å². The maximum atomic E-state index is 14.8. The van der Waals surface area contributed by atoms with Crippen LogP contribution in [0.25, 0.3) is 11.1 Å². The van der Waals surface area contributed by atoms with Crippen LogP contribution in [0.3, 0.4) is 0 Å². The van der Waals surface area contributed by atoms with Crippen molar-refractivity contribution in [1.82, 2.24) is 0 Å². The lowest BCUT2D eigenvalue weighted by Gasteiger charge is -2.24. The Morgan fingerprint density at radius 1 is 0.972 bits per heavy atom. The Morgan fingerprint density at radius 2 is 1.67 bits per heavy atom. The molecule has 8 heteroatoms. The molecule has 3 aromatic carbocycles. The number of aliphatic carboxylic acids is 1. The largest absolute Gasteiger partial charge is 0.491 e. The fourth-order valence-corrected chi connectivity index (χ4v) is 4.12. The zero-order valence-corrected chi connectivity index (χ0v) is 21.6. The standard InChI is InChI=1S/C28H28Cl2FNO4/c1-17(2)26(32-20-9-6-18(7-10-20)27(33)4-3-5-28(34)35)16-36-21-11-13-23(25(31)15-21)22-12-8-19(29)14-24(22)30/h6-15,17,26,32H,3-5,16H2,1-2H3,(H,34,35)/t26-/m1/s1. The van der Waals surface area contributed by atoms with Crippen molar-refractivity contribution in [2.45, 2.75) is 39.2 Å². The molecule has 0 aliphatic carbocycles. The van der Waals surface area contributed by atoms with Crippen LogP contribution in [-0.2, 0) is 4.79 Å². The van der Waals surface area contributed by atoms with E-state index in [2.05, 4.69) is 5.32 Å². The molecule has 0 heterocycles. The van der Waals surface area contributed by atoms with Crippen molar-refractivity contribution >= 4 is 40.6 Å². The number of ether oxygens (including phenoxy) is 1. The van der Waals surface area contributed by atoms with Gasteiger partial charge in [-0.05, 0) is 60.9 Å². The van der Waals surface area contributed by atoms with Gasteiger partial charge in [0.1, 0.15) is 18.2 Å². The molecule has 0 saturated carbocycles. The second-order valence-corrected chi connectivity index (χ2v) is 9.66. The molecule has 0 aliphatic rings. The van der Waals surface area contributed by atoms with Gasteiger partial charge in [-0.2, -0.15) is 0 Å². The zero-order valence-electron chi connectivity index (χ0n) is 20.1. The van der Waals surface area contributed by atoms with Gasteiger partial charge in [-0.15, -0.1) is 0 Å². The van der Waals surface area contributed by atoms with Gasteiger partial charge >= 0.3 is 5.97 Å². The van der Waals surface area contributed by atoms with Crippen molar-refractivity contribution in [3.8, 4) is 16.9 Å². The highest BCUT2D eigenvalue weighted by Gasteiger charge is 2.16. The molecule has 5 nitrogen and oxygen atoms in total. The minimum absolute atomic E-state index is 0.0249. The van der Waals surface area contributed by atoms with E-state index in [1.54, 1.807) is 42.5 Å². The number of Topliss-reactive ketones (excluding diaryl/α,β-unsaturated/α-hetero) is 1. The van der Waals surface area contributed by atoms with Crippen molar-refractivity contribution in [2.24, 2.45) is 5.92 Å². The maximum absolute atomic E-state index is 14.8. The quantitative estimate of drug-likeness (QED) is 0.233. The van der Waals surface area contributed by atoms with Crippen molar-refractivity contribution < 1.29 is 23.8 Å². The van der Waals surface area contributed by atoms with Crippen LogP contribution < -0.4 is 10.1 Å². The number of carboxylic acids is 1. The fourth-order valence-electron chi connectivity index (χ4n) is 3.61. The molecule has 3 rings (SSSR count). The molecule has 0 radical (unpaired) electrons. The minimum Gasteiger partial charge on any atom is -0.491 e. The number of hydrogen-bond donors (Lipinski definition) is 2. The van der Waals surface area contributed by atoms with E-state index in [1.807, 2.05) is 26.0 Å². The van der Waals surface area contributed by atoms with E-state index < -0.39 is 11.8 Å². The number of carbonyl (C=O) groups is 2. The van der Waals surface area contributed by atoms with E-state index in [0.29, 0.717) is 45.5 Å². The van der Waals surface area contributed by atoms with E-state index in [0.717, 1.165) is 5.69 Å². The molecule has 0 bridgehead atoms. The number of carbonyl (C=O) groups excluding carboxylic acids is 1. The van der Waals surface area contributed by atoms with Crippen LogP contribution in [0.1, 0.15) is 43.5 Å². The first-order valence-corrected chi connectivity index (χ1v) is 12.4. The summed E-state index contributed by atoms with van der Waals surface area (Å²) in [6, 6.07) is 16.6. The van der Waals surface area contributed by atoms with Crippen molar-refractivity contribution in [3.63, 3.8) is 0 Å². The number of ketones is 1. The van der Waals surface area contributed by atoms with Gasteiger partial charge in [0.2, 0.25) is 0 Å². The predicted molar refractivity (Wildman–Crippen MR) is 142 cm³/mol. The average Bonchev–Trinajstić information content (AvgIpc) is 2.82. The summed E-state index contributed by atoms with van der Waals surface area (Å²) in [6.45, 7) is 4.40. The van der Waals surface area contributed by atoms with Gasteiger partial charge in [-0.3, -0.25) is 9.59 Å². The Labute approximate surface area is 220 Å². The molecule has 0 aromatic heterocycles. The average molecular weight is 532 g/mol. The Bertz CT molecular complexity index is 1210. The molecule has 0 saturated heterocycles. The number of rotatable bonds is 12. The monoisotopic (exact) mass is 531 g/mol. The van der Waals surface area contributed by atoms with Gasteiger partial charge in [0.25, 0.3) is 0 Å². The first-order chi connectivity index (χ1) is 17.1. The van der Waals surface area contributed by atoms with E-state index in [-0.39, 0.29) is 30.6 Å². The number of halogens is 3. The molecule has 0 unspecified atom stereocenters. The first kappa shape index (κ1) is 27.5. The van der Waals surface area contributed by atoms with Gasteiger partial charge in [-0.25, -0.2) is 4.39 Å². The lowest BCUT2D eigenvalue weighted by molar-refractivity contribution is -0.137. The van der Waals surface area contributed by atoms with Gasteiger partial charge < -0.3 is 15.2 Å². The molecule has 0 amide bonds. The molecule has 36 heavy (non-hydrogen) atoms. The summed E-state index contributed by atoms with van der Waals surface area (Å²) in [5.74, 6) is -0.837. The Kier molecular flexibility index (Phi) is 9.73. The molecule has 0 aliphatic heterocycles. The molecular weight excluding hydrogens is 504 g/mol. The summed E-state index contributed by atoms with van der Waals surface area (Å²) in [4.78, 5) is 22.8. The van der Waals surface area contributed by atoms with Crippen LogP contribution in [-0.4, -0.2) is 29.5 Å². The molecule has 190 valence electrons. The van der Waals surface area contributed by atoms with Crippen LogP contribution in [0.2, 0.25) is 10.0 Å². The summed E-state index contributed by atoms with van der Waals surface area (Å²) in [5, 5.41) is 13.0. The summed E-state index contributed by atoms with van der Waals surface area (Å²) in [6.07, 6.45) is 0.485. The van der Waals surface area contributed by atoms with Crippen molar-refractivity contribution in [2.75, 3.05) is 11.9 Å². The van der Waals surface area contributed by atoms with E-state index >= 15 is 0 Å². The number of carboxylic acid groups (broad SMARTS) is 1. The van der Waals surface area contributed by atoms with Crippen LogP contribution in [0.15, 0.2) is 60.7 Å². The second-order valence-electron chi connectivity index (χ2n) is 8.82. The van der Waals surface area contributed by atoms with Crippen LogP contribution in [0.4, 0.5) is 10.1 Å². The highest BCUT2D eigenvalue weighted by molar-refractivity contribution is 6.36. The first-order valence-electron chi connectivity index (χ1n) is 11.6. The molecular formula is C28H28Cl2FNO4. The highest BCUT2D eigenvalue weighted by Crippen LogP contribution is 2.33. The molecule has 1 atom stereocenters. The van der Waals surface area contributed by atoms with Gasteiger partial charge in [0.05, 0.1) is 6.04 Å². The van der Waals surface area contributed by atoms with E-state index in [9.17, 15) is 14.0 Å². The number of nitrogens with one attached hydrogen (secondary N) is 1. The second kappa shape index (κ2) is 12.7. The van der Waals surface area contributed by atoms with Crippen LogP contribution >= 0.6 is 23.2 Å². The zero-order chi connectivity index (χ0) is 26.2. The Balaban J connectivity index is 1.61. The van der Waals surface area contributed by atoms with Crippen molar-refractivity contribution in [1.29, 1.82) is 0 Å². The summed E-state index contributed by atoms with van der Waals surface area (Å²) in [5.41, 5.74) is 2.27. The maximum Gasteiger partial charge on any atom is 0.303 e. The fraction of sp³-hybridized carbons (Fsp3) is 0.286. The molecule has 0 fully saturated rings. The molecule has 3 aromatic rings. The van der Waals surface area contributed by atoms with Crippen molar-refractivity contribution in [3.05, 3.63) is 82.1 Å². The summed E-state index contributed by atoms with van der Waals surface area (Å²) < 4.78 is 20.7. The SMILES string of the molecule is CC(C)[C@@H](COc1ccc(-c2ccc(Cl)cc2Cl)c(F)c1)Nc1ccc(C(=O)CCCC(=O)O)cc1. The lowest BCUT2D eigenvalue weighted by Crippen LogP contribution is -2.32. The lowest BCUT2D eigenvalue weighted by atomic mass is 10.0. The normalized spacial score (nSPS) is 11.8. The third kappa shape index (κ3) is 7.70. The topological polar surface area (TPSA) is 75.6 Å². The minimum atomic E-state index is -0.908. The van der Waals surface area contributed by atoms with Crippen LogP contribution in [0.5, 0.6) is 5.75 Å². The van der Waals surface area contributed by atoms with E-state index in [4.69, 9.17) is 33.0 Å². The third-order valence-corrected chi connectivity index (χ3v) is 6.30. The summed E-state index contributed by atoms with van der Waals surface area (Å²) in [7, 11) is 0. The third-order valence-electron chi connectivity index (χ3n) is 5.75. The number of benzene rings is 3. The molecule has 2 N–H and O–H groups in total. The van der Waals surface area contributed by atoms with Gasteiger partial charge in [0.15, 0.2) is 5.78 Å². The Morgan fingerprint density at radius 3 is 2.28 bits per heavy atom. The number of anilines is 1. The summed E-state index contributed by atoms with van der Waals surface area (Å²) >= 11 is 12.2.